The second kappa shape index (κ2) is 9.24. The first-order valence-electron chi connectivity index (χ1n) is 10.9. The van der Waals surface area contributed by atoms with Crippen LogP contribution in [-0.4, -0.2) is 84.8 Å². The van der Waals surface area contributed by atoms with Crippen LogP contribution in [0.1, 0.15) is 40.7 Å². The van der Waals surface area contributed by atoms with Crippen LogP contribution in [0, 0.1) is 0 Å². The molecule has 0 saturated carbocycles. The SMILES string of the molecule is CN(CCCN1CCNCC1)Cc1cccc2c1CN(C1CCC(=O)NC1=O)C2=O. The summed E-state index contributed by atoms with van der Waals surface area (Å²) in [6, 6.07) is 5.28. The first kappa shape index (κ1) is 21.0. The zero-order valence-corrected chi connectivity index (χ0v) is 17.7. The number of benzene rings is 1. The number of carbonyl (C=O) groups is 3. The van der Waals surface area contributed by atoms with E-state index < -0.39 is 6.04 Å². The number of hydrogen-bond acceptors (Lipinski definition) is 6. The van der Waals surface area contributed by atoms with Gasteiger partial charge in [-0.1, -0.05) is 12.1 Å². The topological polar surface area (TPSA) is 85.0 Å². The lowest BCUT2D eigenvalue weighted by atomic mass is 10.0. The maximum absolute atomic E-state index is 12.9. The van der Waals surface area contributed by atoms with Crippen LogP contribution in [0.15, 0.2) is 18.2 Å². The molecule has 2 N–H and O–H groups in total. The van der Waals surface area contributed by atoms with Gasteiger partial charge >= 0.3 is 0 Å². The number of carbonyl (C=O) groups excluding carboxylic acids is 3. The zero-order valence-electron chi connectivity index (χ0n) is 17.7. The molecule has 1 aromatic carbocycles. The molecule has 2 saturated heterocycles. The minimum absolute atomic E-state index is 0.109. The van der Waals surface area contributed by atoms with E-state index in [2.05, 4.69) is 33.5 Å². The third-order valence-electron chi connectivity index (χ3n) is 6.34. The molecule has 8 heteroatoms. The Morgan fingerprint density at radius 1 is 1.17 bits per heavy atom. The number of rotatable bonds is 7. The molecule has 162 valence electrons. The summed E-state index contributed by atoms with van der Waals surface area (Å²) in [6.45, 7) is 7.71. The Morgan fingerprint density at radius 2 is 1.97 bits per heavy atom. The minimum Gasteiger partial charge on any atom is -0.322 e. The number of piperazine rings is 1. The Labute approximate surface area is 177 Å². The fraction of sp³-hybridized carbons (Fsp3) is 0.591. The number of nitrogens with zero attached hydrogens (tertiary/aromatic N) is 3. The highest BCUT2D eigenvalue weighted by Crippen LogP contribution is 2.30. The predicted molar refractivity (Wildman–Crippen MR) is 113 cm³/mol. The second-order valence-corrected chi connectivity index (χ2v) is 8.53. The molecule has 0 aromatic heterocycles. The molecule has 1 atom stereocenters. The number of fused-ring (bicyclic) bond motifs is 1. The van der Waals surface area contributed by atoms with Gasteiger partial charge in [-0.25, -0.2) is 0 Å². The van der Waals surface area contributed by atoms with Gasteiger partial charge in [-0.05, 0) is 50.2 Å². The van der Waals surface area contributed by atoms with E-state index in [9.17, 15) is 14.4 Å². The number of amides is 3. The van der Waals surface area contributed by atoms with Crippen molar-refractivity contribution in [1.82, 2.24) is 25.3 Å². The fourth-order valence-corrected chi connectivity index (χ4v) is 4.67. The van der Waals surface area contributed by atoms with Crippen molar-refractivity contribution in [3.63, 3.8) is 0 Å². The molecule has 3 aliphatic heterocycles. The fourth-order valence-electron chi connectivity index (χ4n) is 4.67. The molecule has 3 amide bonds. The summed E-state index contributed by atoms with van der Waals surface area (Å²) in [4.78, 5) is 43.1. The number of imide groups is 1. The Hall–Kier alpha value is -2.29. The van der Waals surface area contributed by atoms with Gasteiger partial charge in [0.2, 0.25) is 11.8 Å². The van der Waals surface area contributed by atoms with Crippen molar-refractivity contribution in [3.8, 4) is 0 Å². The molecule has 2 fully saturated rings. The highest BCUT2D eigenvalue weighted by atomic mass is 16.2. The van der Waals surface area contributed by atoms with Crippen LogP contribution >= 0.6 is 0 Å². The monoisotopic (exact) mass is 413 g/mol. The third kappa shape index (κ3) is 4.55. The van der Waals surface area contributed by atoms with E-state index in [1.807, 2.05) is 12.1 Å². The average molecular weight is 414 g/mol. The van der Waals surface area contributed by atoms with E-state index in [4.69, 9.17) is 0 Å². The van der Waals surface area contributed by atoms with Crippen molar-refractivity contribution in [2.24, 2.45) is 0 Å². The molecule has 1 aromatic rings. The van der Waals surface area contributed by atoms with E-state index in [1.54, 1.807) is 4.90 Å². The van der Waals surface area contributed by atoms with Gasteiger partial charge in [-0.15, -0.1) is 0 Å². The Kier molecular flexibility index (Phi) is 6.46. The summed E-state index contributed by atoms with van der Waals surface area (Å²) in [7, 11) is 2.12. The maximum atomic E-state index is 12.9. The minimum atomic E-state index is -0.563. The van der Waals surface area contributed by atoms with E-state index in [-0.39, 0.29) is 24.1 Å². The molecule has 0 bridgehead atoms. The standard InChI is InChI=1S/C22H31N5O3/c1-25(10-3-11-26-12-8-23-9-13-26)14-16-4-2-5-17-18(16)15-27(22(17)30)19-6-7-20(28)24-21(19)29/h2,4-5,19,23H,3,6-15H2,1H3,(H,24,28,29). The van der Waals surface area contributed by atoms with Crippen LogP contribution in [0.4, 0.5) is 0 Å². The van der Waals surface area contributed by atoms with E-state index >= 15 is 0 Å². The summed E-state index contributed by atoms with van der Waals surface area (Å²) in [5.41, 5.74) is 2.84. The Balaban J connectivity index is 1.36. The van der Waals surface area contributed by atoms with Gasteiger partial charge in [-0.3, -0.25) is 19.7 Å². The number of piperidine rings is 1. The molecule has 4 rings (SSSR count). The lowest BCUT2D eigenvalue weighted by Gasteiger charge is -2.29. The van der Waals surface area contributed by atoms with Gasteiger partial charge < -0.3 is 20.0 Å². The van der Waals surface area contributed by atoms with E-state index in [0.717, 1.165) is 63.4 Å². The summed E-state index contributed by atoms with van der Waals surface area (Å²) >= 11 is 0. The molecule has 0 spiro atoms. The summed E-state index contributed by atoms with van der Waals surface area (Å²) in [5, 5.41) is 5.74. The molecule has 3 aliphatic rings. The molecule has 3 heterocycles. The molecule has 1 unspecified atom stereocenters. The number of hydrogen-bond donors (Lipinski definition) is 2. The van der Waals surface area contributed by atoms with Crippen molar-refractivity contribution >= 4 is 17.7 Å². The predicted octanol–water partition coefficient (Wildman–Crippen LogP) is 0.175. The maximum Gasteiger partial charge on any atom is 0.255 e. The third-order valence-corrected chi connectivity index (χ3v) is 6.34. The summed E-state index contributed by atoms with van der Waals surface area (Å²) in [6.07, 6.45) is 1.79. The molecular formula is C22H31N5O3. The zero-order chi connectivity index (χ0) is 21.1. The summed E-state index contributed by atoms with van der Waals surface area (Å²) in [5.74, 6) is -0.731. The molecule has 8 nitrogen and oxygen atoms in total. The van der Waals surface area contributed by atoms with Crippen molar-refractivity contribution in [2.45, 2.75) is 38.4 Å². The lowest BCUT2D eigenvalue weighted by Crippen LogP contribution is -2.52. The highest BCUT2D eigenvalue weighted by Gasteiger charge is 2.39. The second-order valence-electron chi connectivity index (χ2n) is 8.53. The highest BCUT2D eigenvalue weighted by molar-refractivity contribution is 6.05. The van der Waals surface area contributed by atoms with Crippen LogP contribution in [0.3, 0.4) is 0 Å². The van der Waals surface area contributed by atoms with Crippen LogP contribution in [0.5, 0.6) is 0 Å². The molecule has 0 radical (unpaired) electrons. The number of nitrogens with one attached hydrogen (secondary N) is 2. The first-order chi connectivity index (χ1) is 14.5. The Bertz CT molecular complexity index is 821. The van der Waals surface area contributed by atoms with Crippen molar-refractivity contribution < 1.29 is 14.4 Å². The first-order valence-corrected chi connectivity index (χ1v) is 10.9. The van der Waals surface area contributed by atoms with Gasteiger partial charge in [0.25, 0.3) is 5.91 Å². The molecule has 30 heavy (non-hydrogen) atoms. The summed E-state index contributed by atoms with van der Waals surface area (Å²) < 4.78 is 0. The molecular weight excluding hydrogens is 382 g/mol. The van der Waals surface area contributed by atoms with Crippen LogP contribution in [0.25, 0.3) is 0 Å². The van der Waals surface area contributed by atoms with E-state index in [0.29, 0.717) is 18.5 Å². The lowest BCUT2D eigenvalue weighted by molar-refractivity contribution is -0.136. The quantitative estimate of drug-likeness (QED) is 0.620. The Morgan fingerprint density at radius 3 is 2.73 bits per heavy atom. The van der Waals surface area contributed by atoms with E-state index in [1.165, 1.54) is 0 Å². The van der Waals surface area contributed by atoms with Gasteiger partial charge in [0.1, 0.15) is 6.04 Å². The largest absolute Gasteiger partial charge is 0.322 e. The average Bonchev–Trinajstić information content (AvgIpc) is 3.06. The molecule has 0 aliphatic carbocycles. The van der Waals surface area contributed by atoms with Crippen LogP contribution < -0.4 is 10.6 Å². The smallest absolute Gasteiger partial charge is 0.255 e. The van der Waals surface area contributed by atoms with Gasteiger partial charge in [0, 0.05) is 51.3 Å². The normalized spacial score (nSPS) is 22.5. The van der Waals surface area contributed by atoms with Crippen LogP contribution in [-0.2, 0) is 22.7 Å². The van der Waals surface area contributed by atoms with Gasteiger partial charge in [-0.2, -0.15) is 0 Å². The van der Waals surface area contributed by atoms with Gasteiger partial charge in [0.05, 0.1) is 0 Å². The van der Waals surface area contributed by atoms with Gasteiger partial charge in [0.15, 0.2) is 0 Å². The van der Waals surface area contributed by atoms with Crippen molar-refractivity contribution in [3.05, 3.63) is 34.9 Å². The van der Waals surface area contributed by atoms with Crippen molar-refractivity contribution in [2.75, 3.05) is 46.3 Å². The van der Waals surface area contributed by atoms with Crippen molar-refractivity contribution in [1.29, 1.82) is 0 Å². The van der Waals surface area contributed by atoms with Crippen LogP contribution in [0.2, 0.25) is 0 Å².